The number of hydrogen-bond donors (Lipinski definition) is 0. The van der Waals surface area contributed by atoms with Gasteiger partial charge in [0.2, 0.25) is 5.95 Å². The maximum atomic E-state index is 5.99. The second kappa shape index (κ2) is 5.45. The van der Waals surface area contributed by atoms with E-state index in [1.807, 2.05) is 0 Å². The molecule has 0 aliphatic carbocycles. The van der Waals surface area contributed by atoms with Gasteiger partial charge in [-0.05, 0) is 29.3 Å². The quantitative estimate of drug-likeness (QED) is 0.853. The van der Waals surface area contributed by atoms with Crippen LogP contribution in [0.1, 0.15) is 18.6 Å². The van der Waals surface area contributed by atoms with E-state index in [4.69, 9.17) is 16.3 Å². The average Bonchev–Trinajstić information content (AvgIpc) is 2.93. The van der Waals surface area contributed by atoms with E-state index in [1.165, 1.54) is 5.56 Å². The van der Waals surface area contributed by atoms with Crippen molar-refractivity contribution in [2.24, 2.45) is 0 Å². The van der Waals surface area contributed by atoms with E-state index in [-0.39, 0.29) is 12.2 Å². The molecule has 1 fully saturated rings. The van der Waals surface area contributed by atoms with Gasteiger partial charge in [0.25, 0.3) is 0 Å². The predicted molar refractivity (Wildman–Crippen MR) is 76.9 cm³/mol. The first-order valence-corrected chi connectivity index (χ1v) is 7.44. The molecule has 19 heavy (non-hydrogen) atoms. The van der Waals surface area contributed by atoms with Gasteiger partial charge >= 0.3 is 0 Å². The summed E-state index contributed by atoms with van der Waals surface area (Å²) in [6, 6.07) is 2.11. The molecule has 2 aromatic heterocycles. The van der Waals surface area contributed by atoms with Crippen molar-refractivity contribution < 1.29 is 4.74 Å². The Morgan fingerprint density at radius 2 is 2.16 bits per heavy atom. The van der Waals surface area contributed by atoms with E-state index >= 15 is 0 Å². The molecular formula is C13H14ClN3OS. The van der Waals surface area contributed by atoms with Crippen LogP contribution in [0.2, 0.25) is 5.02 Å². The summed E-state index contributed by atoms with van der Waals surface area (Å²) in [5.41, 5.74) is 1.22. The third-order valence-electron chi connectivity index (χ3n) is 3.06. The summed E-state index contributed by atoms with van der Waals surface area (Å²) in [6.45, 7) is 3.63. The number of rotatable bonds is 2. The number of anilines is 1. The molecule has 0 radical (unpaired) electrons. The van der Waals surface area contributed by atoms with Crippen molar-refractivity contribution in [3.05, 3.63) is 39.8 Å². The van der Waals surface area contributed by atoms with Crippen molar-refractivity contribution in [3.8, 4) is 0 Å². The Morgan fingerprint density at radius 3 is 2.84 bits per heavy atom. The highest BCUT2D eigenvalue weighted by atomic mass is 35.5. The number of hydrogen-bond acceptors (Lipinski definition) is 5. The summed E-state index contributed by atoms with van der Waals surface area (Å²) in [6.07, 6.45) is 3.49. The molecular weight excluding hydrogens is 282 g/mol. The smallest absolute Gasteiger partial charge is 0.225 e. The maximum Gasteiger partial charge on any atom is 0.225 e. The minimum Gasteiger partial charge on any atom is -0.367 e. The van der Waals surface area contributed by atoms with E-state index < -0.39 is 0 Å². The Bertz CT molecular complexity index is 531. The molecule has 2 atom stereocenters. The molecule has 4 nitrogen and oxygen atoms in total. The topological polar surface area (TPSA) is 38.2 Å². The summed E-state index contributed by atoms with van der Waals surface area (Å²) in [4.78, 5) is 10.7. The van der Waals surface area contributed by atoms with Gasteiger partial charge in [0, 0.05) is 6.54 Å². The normalized spacial score (nSPS) is 23.6. The first-order chi connectivity index (χ1) is 9.22. The van der Waals surface area contributed by atoms with Gasteiger partial charge in [0.1, 0.15) is 6.10 Å². The number of thiophene rings is 1. The van der Waals surface area contributed by atoms with Crippen LogP contribution in [0.15, 0.2) is 29.2 Å². The summed E-state index contributed by atoms with van der Waals surface area (Å²) in [5, 5.41) is 4.75. The molecule has 1 aliphatic heterocycles. The van der Waals surface area contributed by atoms with Crippen molar-refractivity contribution in [2.75, 3.05) is 18.0 Å². The van der Waals surface area contributed by atoms with Crippen LogP contribution < -0.4 is 4.90 Å². The molecule has 1 aliphatic rings. The summed E-state index contributed by atoms with van der Waals surface area (Å²) in [5.74, 6) is 0.708. The maximum absolute atomic E-state index is 5.99. The fourth-order valence-electron chi connectivity index (χ4n) is 2.23. The highest BCUT2D eigenvalue weighted by Crippen LogP contribution is 2.28. The molecule has 100 valence electrons. The van der Waals surface area contributed by atoms with Crippen molar-refractivity contribution >= 4 is 28.9 Å². The number of halogens is 1. The van der Waals surface area contributed by atoms with Gasteiger partial charge < -0.3 is 9.64 Å². The Hall–Kier alpha value is -1.17. The minimum absolute atomic E-state index is 0.0780. The van der Waals surface area contributed by atoms with E-state index in [9.17, 15) is 0 Å². The number of aromatic nitrogens is 2. The molecule has 0 unspecified atom stereocenters. The zero-order chi connectivity index (χ0) is 13.2. The van der Waals surface area contributed by atoms with Gasteiger partial charge in [0.15, 0.2) is 0 Å². The molecule has 3 rings (SSSR count). The zero-order valence-electron chi connectivity index (χ0n) is 10.5. The largest absolute Gasteiger partial charge is 0.367 e. The molecule has 0 N–H and O–H groups in total. The van der Waals surface area contributed by atoms with E-state index in [1.54, 1.807) is 23.7 Å². The minimum atomic E-state index is 0.0780. The van der Waals surface area contributed by atoms with E-state index in [2.05, 4.69) is 38.6 Å². The summed E-state index contributed by atoms with van der Waals surface area (Å²) >= 11 is 7.51. The molecule has 0 aromatic carbocycles. The van der Waals surface area contributed by atoms with Crippen LogP contribution in [0.3, 0.4) is 0 Å². The van der Waals surface area contributed by atoms with E-state index in [0.717, 1.165) is 13.1 Å². The van der Waals surface area contributed by atoms with Crippen LogP contribution in [0.4, 0.5) is 5.95 Å². The van der Waals surface area contributed by atoms with Crippen LogP contribution in [0.5, 0.6) is 0 Å². The standard InChI is InChI=1S/C13H14ClN3OS/c1-9-6-17(13-15-4-11(14)5-16-13)7-12(18-9)10-2-3-19-8-10/h2-5,8-9,12H,6-7H2,1H3/t9-,12+/m0/s1. The van der Waals surface area contributed by atoms with Crippen LogP contribution in [-0.4, -0.2) is 29.2 Å². The van der Waals surface area contributed by atoms with Gasteiger partial charge in [-0.2, -0.15) is 11.3 Å². The lowest BCUT2D eigenvalue weighted by Crippen LogP contribution is -2.43. The Labute approximate surface area is 121 Å². The average molecular weight is 296 g/mol. The van der Waals surface area contributed by atoms with Gasteiger partial charge in [-0.25, -0.2) is 9.97 Å². The lowest BCUT2D eigenvalue weighted by Gasteiger charge is -2.36. The highest BCUT2D eigenvalue weighted by molar-refractivity contribution is 7.07. The lowest BCUT2D eigenvalue weighted by atomic mass is 10.1. The fourth-order valence-corrected chi connectivity index (χ4v) is 3.03. The molecule has 2 aromatic rings. The predicted octanol–water partition coefficient (Wildman–Crippen LogP) is 3.16. The number of ether oxygens (including phenoxy) is 1. The fraction of sp³-hybridized carbons (Fsp3) is 0.385. The first kappa shape index (κ1) is 12.8. The number of nitrogens with zero attached hydrogens (tertiary/aromatic N) is 3. The molecule has 0 amide bonds. The molecule has 0 saturated carbocycles. The van der Waals surface area contributed by atoms with Gasteiger partial charge in [-0.1, -0.05) is 11.6 Å². The van der Waals surface area contributed by atoms with Crippen molar-refractivity contribution in [1.29, 1.82) is 0 Å². The summed E-state index contributed by atoms with van der Waals surface area (Å²) in [7, 11) is 0. The Morgan fingerprint density at radius 1 is 1.37 bits per heavy atom. The van der Waals surface area contributed by atoms with E-state index in [0.29, 0.717) is 11.0 Å². The number of morpholine rings is 1. The molecule has 0 bridgehead atoms. The first-order valence-electron chi connectivity index (χ1n) is 6.12. The lowest BCUT2D eigenvalue weighted by molar-refractivity contribution is -0.0176. The zero-order valence-corrected chi connectivity index (χ0v) is 12.1. The van der Waals surface area contributed by atoms with Gasteiger partial charge in [-0.3, -0.25) is 0 Å². The molecule has 3 heterocycles. The van der Waals surface area contributed by atoms with Crippen LogP contribution in [0.25, 0.3) is 0 Å². The van der Waals surface area contributed by atoms with Gasteiger partial charge in [0.05, 0.1) is 30.1 Å². The molecule has 6 heteroatoms. The van der Waals surface area contributed by atoms with Crippen molar-refractivity contribution in [1.82, 2.24) is 9.97 Å². The monoisotopic (exact) mass is 295 g/mol. The molecule has 0 spiro atoms. The summed E-state index contributed by atoms with van der Waals surface area (Å²) < 4.78 is 5.99. The second-order valence-electron chi connectivity index (χ2n) is 4.60. The third-order valence-corrected chi connectivity index (χ3v) is 3.96. The van der Waals surface area contributed by atoms with Crippen molar-refractivity contribution in [3.63, 3.8) is 0 Å². The van der Waals surface area contributed by atoms with Crippen LogP contribution in [0, 0.1) is 0 Å². The Balaban J connectivity index is 1.80. The van der Waals surface area contributed by atoms with Crippen LogP contribution >= 0.6 is 22.9 Å². The Kier molecular flexibility index (Phi) is 3.68. The second-order valence-corrected chi connectivity index (χ2v) is 5.81. The highest BCUT2D eigenvalue weighted by Gasteiger charge is 2.28. The van der Waals surface area contributed by atoms with Crippen LogP contribution in [-0.2, 0) is 4.74 Å². The molecule has 1 saturated heterocycles. The SMILES string of the molecule is C[C@H]1CN(c2ncc(Cl)cn2)C[C@H](c2ccsc2)O1. The van der Waals surface area contributed by atoms with Crippen molar-refractivity contribution in [2.45, 2.75) is 19.1 Å². The van der Waals surface area contributed by atoms with Gasteiger partial charge in [-0.15, -0.1) is 0 Å². The third kappa shape index (κ3) is 2.88.